The van der Waals surface area contributed by atoms with Crippen LogP contribution >= 0.6 is 11.3 Å². The minimum absolute atomic E-state index is 0.0362. The van der Waals surface area contributed by atoms with Crippen molar-refractivity contribution < 1.29 is 8.78 Å². The van der Waals surface area contributed by atoms with Gasteiger partial charge in [0.05, 0.1) is 12.2 Å². The summed E-state index contributed by atoms with van der Waals surface area (Å²) in [5, 5.41) is 3.75. The standard InChI is InChI=1S/C8H11F2N3S/c9-8(10)3-1-2-5(8)13-7-12-4-6(11)14-7/h4-5H,1-3,11H2,(H,12,13). The number of hydrogen-bond acceptors (Lipinski definition) is 4. The van der Waals surface area contributed by atoms with Crippen molar-refractivity contribution in [1.82, 2.24) is 4.98 Å². The van der Waals surface area contributed by atoms with Gasteiger partial charge < -0.3 is 11.1 Å². The lowest BCUT2D eigenvalue weighted by Gasteiger charge is -2.19. The SMILES string of the molecule is Nc1cnc(NC2CCCC2(F)F)s1. The van der Waals surface area contributed by atoms with E-state index in [-0.39, 0.29) is 6.42 Å². The van der Waals surface area contributed by atoms with Crippen molar-refractivity contribution in [1.29, 1.82) is 0 Å². The third-order valence-corrected chi connectivity index (χ3v) is 3.09. The molecule has 0 aromatic carbocycles. The molecule has 1 aliphatic rings. The van der Waals surface area contributed by atoms with Crippen LogP contribution in [-0.4, -0.2) is 16.9 Å². The Bertz CT molecular complexity index is 326. The van der Waals surface area contributed by atoms with Crippen molar-refractivity contribution in [2.75, 3.05) is 11.1 Å². The van der Waals surface area contributed by atoms with Gasteiger partial charge in [-0.25, -0.2) is 13.8 Å². The molecule has 1 atom stereocenters. The number of halogens is 2. The fourth-order valence-electron chi connectivity index (χ4n) is 1.61. The number of nitrogens with one attached hydrogen (secondary N) is 1. The lowest BCUT2D eigenvalue weighted by atomic mass is 10.2. The number of hydrogen-bond donors (Lipinski definition) is 2. The van der Waals surface area contributed by atoms with E-state index in [0.29, 0.717) is 23.0 Å². The Kier molecular flexibility index (Phi) is 2.30. The van der Waals surface area contributed by atoms with Crippen LogP contribution in [0.15, 0.2) is 6.20 Å². The van der Waals surface area contributed by atoms with E-state index in [1.165, 1.54) is 17.5 Å². The second kappa shape index (κ2) is 3.34. The third kappa shape index (κ3) is 1.79. The normalized spacial score (nSPS) is 25.1. The maximum Gasteiger partial charge on any atom is 0.267 e. The average molecular weight is 219 g/mol. The molecule has 1 aromatic rings. The molecule has 1 aromatic heterocycles. The van der Waals surface area contributed by atoms with E-state index in [2.05, 4.69) is 10.3 Å². The highest BCUT2D eigenvalue weighted by molar-refractivity contribution is 7.19. The molecular formula is C8H11F2N3S. The van der Waals surface area contributed by atoms with Crippen molar-refractivity contribution in [2.45, 2.75) is 31.2 Å². The van der Waals surface area contributed by atoms with Gasteiger partial charge in [-0.2, -0.15) is 0 Å². The van der Waals surface area contributed by atoms with E-state index in [0.717, 1.165) is 0 Å². The van der Waals surface area contributed by atoms with Crippen LogP contribution in [0.2, 0.25) is 0 Å². The van der Waals surface area contributed by atoms with Gasteiger partial charge in [-0.05, 0) is 12.8 Å². The van der Waals surface area contributed by atoms with Crippen LogP contribution in [-0.2, 0) is 0 Å². The number of alkyl halides is 2. The zero-order chi connectivity index (χ0) is 10.2. The Balaban J connectivity index is 2.04. The van der Waals surface area contributed by atoms with Crippen LogP contribution in [0.5, 0.6) is 0 Å². The molecule has 1 unspecified atom stereocenters. The van der Waals surface area contributed by atoms with Crippen molar-refractivity contribution >= 4 is 21.5 Å². The number of rotatable bonds is 2. The first-order valence-electron chi connectivity index (χ1n) is 4.43. The van der Waals surface area contributed by atoms with E-state index in [4.69, 9.17) is 5.73 Å². The molecule has 1 fully saturated rings. The molecule has 6 heteroatoms. The Morgan fingerprint density at radius 1 is 1.64 bits per heavy atom. The summed E-state index contributed by atoms with van der Waals surface area (Å²) in [6.07, 6.45) is 2.49. The van der Waals surface area contributed by atoms with E-state index < -0.39 is 12.0 Å². The van der Waals surface area contributed by atoms with Crippen molar-refractivity contribution in [3.8, 4) is 0 Å². The highest BCUT2D eigenvalue weighted by atomic mass is 32.1. The lowest BCUT2D eigenvalue weighted by molar-refractivity contribution is -0.000588. The summed E-state index contributed by atoms with van der Waals surface area (Å²) in [6.45, 7) is 0. The molecule has 0 bridgehead atoms. The van der Waals surface area contributed by atoms with Crippen molar-refractivity contribution in [2.24, 2.45) is 0 Å². The van der Waals surface area contributed by atoms with Crippen molar-refractivity contribution in [3.63, 3.8) is 0 Å². The monoisotopic (exact) mass is 219 g/mol. The number of nitrogens with two attached hydrogens (primary N) is 1. The summed E-state index contributed by atoms with van der Waals surface area (Å²) in [7, 11) is 0. The molecular weight excluding hydrogens is 208 g/mol. The number of anilines is 2. The predicted molar refractivity (Wildman–Crippen MR) is 52.7 cm³/mol. The minimum atomic E-state index is -2.61. The molecule has 0 spiro atoms. The Hall–Kier alpha value is -0.910. The quantitative estimate of drug-likeness (QED) is 0.802. The Labute approximate surface area is 84.3 Å². The molecule has 1 saturated carbocycles. The van der Waals surface area contributed by atoms with Crippen LogP contribution in [0.3, 0.4) is 0 Å². The van der Waals surface area contributed by atoms with Crippen LogP contribution in [0.4, 0.5) is 18.9 Å². The van der Waals surface area contributed by atoms with E-state index in [1.807, 2.05) is 0 Å². The van der Waals surface area contributed by atoms with Crippen molar-refractivity contribution in [3.05, 3.63) is 6.20 Å². The number of nitrogen functional groups attached to an aromatic ring is 1. The maximum atomic E-state index is 13.2. The van der Waals surface area contributed by atoms with Crippen LogP contribution in [0, 0.1) is 0 Å². The topological polar surface area (TPSA) is 50.9 Å². The van der Waals surface area contributed by atoms with Gasteiger partial charge in [0.25, 0.3) is 5.92 Å². The highest BCUT2D eigenvalue weighted by Crippen LogP contribution is 2.37. The minimum Gasteiger partial charge on any atom is -0.389 e. The molecule has 3 N–H and O–H groups in total. The number of thiazole rings is 1. The van der Waals surface area contributed by atoms with Gasteiger partial charge in [0.15, 0.2) is 5.13 Å². The molecule has 2 rings (SSSR count). The van der Waals surface area contributed by atoms with Crippen LogP contribution < -0.4 is 11.1 Å². The van der Waals surface area contributed by atoms with Gasteiger partial charge in [0.1, 0.15) is 5.00 Å². The summed E-state index contributed by atoms with van der Waals surface area (Å²) < 4.78 is 26.4. The summed E-state index contributed by atoms with van der Waals surface area (Å²) in [5.74, 6) is -2.61. The van der Waals surface area contributed by atoms with Gasteiger partial charge >= 0.3 is 0 Å². The second-order valence-corrected chi connectivity index (χ2v) is 4.48. The largest absolute Gasteiger partial charge is 0.389 e. The molecule has 1 heterocycles. The van der Waals surface area contributed by atoms with Crippen LogP contribution in [0.1, 0.15) is 19.3 Å². The molecule has 1 aliphatic carbocycles. The Morgan fingerprint density at radius 2 is 2.43 bits per heavy atom. The molecule has 78 valence electrons. The van der Waals surface area contributed by atoms with E-state index in [1.54, 1.807) is 0 Å². The molecule has 0 amide bonds. The van der Waals surface area contributed by atoms with Gasteiger partial charge in [-0.1, -0.05) is 11.3 Å². The Morgan fingerprint density at radius 3 is 2.93 bits per heavy atom. The lowest BCUT2D eigenvalue weighted by Crippen LogP contribution is -2.34. The first-order valence-corrected chi connectivity index (χ1v) is 5.25. The zero-order valence-electron chi connectivity index (χ0n) is 7.46. The van der Waals surface area contributed by atoms with Gasteiger partial charge in [0.2, 0.25) is 0 Å². The molecule has 0 radical (unpaired) electrons. The summed E-state index contributed by atoms with van der Waals surface area (Å²) in [5.41, 5.74) is 5.45. The fraction of sp³-hybridized carbons (Fsp3) is 0.625. The van der Waals surface area contributed by atoms with Gasteiger partial charge in [-0.15, -0.1) is 0 Å². The summed E-state index contributed by atoms with van der Waals surface area (Å²) in [4.78, 5) is 3.89. The zero-order valence-corrected chi connectivity index (χ0v) is 8.28. The molecule has 0 aliphatic heterocycles. The first kappa shape index (κ1) is 9.64. The summed E-state index contributed by atoms with van der Waals surface area (Å²) in [6, 6.07) is -0.784. The van der Waals surface area contributed by atoms with E-state index in [9.17, 15) is 8.78 Å². The van der Waals surface area contributed by atoms with Gasteiger partial charge in [-0.3, -0.25) is 0 Å². The van der Waals surface area contributed by atoms with Crippen LogP contribution in [0.25, 0.3) is 0 Å². The molecule has 3 nitrogen and oxygen atoms in total. The molecule has 0 saturated heterocycles. The average Bonchev–Trinajstić information content (AvgIpc) is 2.61. The summed E-state index contributed by atoms with van der Waals surface area (Å²) >= 11 is 1.20. The second-order valence-electron chi connectivity index (χ2n) is 3.42. The smallest absolute Gasteiger partial charge is 0.267 e. The van der Waals surface area contributed by atoms with Gasteiger partial charge in [0, 0.05) is 6.42 Å². The number of nitrogens with zero attached hydrogens (tertiary/aromatic N) is 1. The fourth-order valence-corrected chi connectivity index (χ4v) is 2.24. The highest BCUT2D eigenvalue weighted by Gasteiger charge is 2.44. The number of aromatic nitrogens is 1. The first-order chi connectivity index (χ1) is 6.58. The third-order valence-electron chi connectivity index (χ3n) is 2.33. The maximum absolute atomic E-state index is 13.2. The predicted octanol–water partition coefficient (Wildman–Crippen LogP) is 2.33. The van der Waals surface area contributed by atoms with E-state index >= 15 is 0 Å². The molecule has 14 heavy (non-hydrogen) atoms.